The summed E-state index contributed by atoms with van der Waals surface area (Å²) in [4.78, 5) is 11.2. The summed E-state index contributed by atoms with van der Waals surface area (Å²) < 4.78 is 5.21. The molecule has 0 aliphatic rings. The molecule has 1 amide bonds. The highest BCUT2D eigenvalue weighted by molar-refractivity contribution is 5.90. The average molecular weight is 284 g/mol. The first-order valence-electron chi connectivity index (χ1n) is 6.83. The Morgan fingerprint density at radius 3 is 2.71 bits per heavy atom. The minimum atomic E-state index is -0.0666. The molecule has 0 spiro atoms. The number of carbonyl (C=O) groups excluding carboxylic acids is 1. The molecule has 0 heterocycles. The second-order valence-corrected chi connectivity index (χ2v) is 4.92. The number of rotatable bonds is 5. The van der Waals surface area contributed by atoms with Gasteiger partial charge in [0.25, 0.3) is 0 Å². The molecule has 2 aromatic carbocycles. The minimum absolute atomic E-state index is 0.0666. The van der Waals surface area contributed by atoms with Gasteiger partial charge in [-0.15, -0.1) is 0 Å². The van der Waals surface area contributed by atoms with E-state index in [-0.39, 0.29) is 5.91 Å². The van der Waals surface area contributed by atoms with Crippen molar-refractivity contribution in [1.82, 2.24) is 0 Å². The van der Waals surface area contributed by atoms with Crippen molar-refractivity contribution in [3.8, 4) is 5.75 Å². The molecule has 4 heteroatoms. The summed E-state index contributed by atoms with van der Waals surface area (Å²) in [6, 6.07) is 13.9. The van der Waals surface area contributed by atoms with Crippen LogP contribution in [-0.4, -0.2) is 13.0 Å². The number of carbonyl (C=O) groups is 1. The molecule has 0 fully saturated rings. The van der Waals surface area contributed by atoms with Crippen LogP contribution in [0.4, 0.5) is 11.4 Å². The summed E-state index contributed by atoms with van der Waals surface area (Å²) in [7, 11) is 1.66. The Kier molecular flexibility index (Phi) is 4.82. The topological polar surface area (TPSA) is 50.4 Å². The fourth-order valence-corrected chi connectivity index (χ4v) is 2.04. The lowest BCUT2D eigenvalue weighted by Crippen LogP contribution is -2.08. The Hall–Kier alpha value is -2.49. The lowest BCUT2D eigenvalue weighted by molar-refractivity contribution is -0.114. The van der Waals surface area contributed by atoms with E-state index in [4.69, 9.17) is 4.74 Å². The van der Waals surface area contributed by atoms with E-state index in [1.807, 2.05) is 49.4 Å². The highest BCUT2D eigenvalue weighted by Gasteiger charge is 2.02. The average Bonchev–Trinajstić information content (AvgIpc) is 2.48. The Labute approximate surface area is 125 Å². The summed E-state index contributed by atoms with van der Waals surface area (Å²) in [5, 5.41) is 6.18. The van der Waals surface area contributed by atoms with Gasteiger partial charge in [-0.1, -0.05) is 18.2 Å². The van der Waals surface area contributed by atoms with Crippen LogP contribution in [0.25, 0.3) is 0 Å². The highest BCUT2D eigenvalue weighted by atomic mass is 16.5. The van der Waals surface area contributed by atoms with Gasteiger partial charge in [0.15, 0.2) is 0 Å². The Bertz CT molecular complexity index is 638. The van der Waals surface area contributed by atoms with Gasteiger partial charge >= 0.3 is 0 Å². The molecule has 2 aromatic rings. The van der Waals surface area contributed by atoms with Crippen LogP contribution < -0.4 is 15.4 Å². The van der Waals surface area contributed by atoms with E-state index >= 15 is 0 Å². The van der Waals surface area contributed by atoms with Gasteiger partial charge in [-0.2, -0.15) is 0 Å². The van der Waals surface area contributed by atoms with Gasteiger partial charge < -0.3 is 15.4 Å². The molecule has 0 bridgehead atoms. The molecule has 2 rings (SSSR count). The molecule has 0 saturated heterocycles. The number of hydrogen-bond donors (Lipinski definition) is 2. The van der Waals surface area contributed by atoms with E-state index in [2.05, 4.69) is 10.6 Å². The van der Waals surface area contributed by atoms with E-state index in [9.17, 15) is 4.79 Å². The normalized spacial score (nSPS) is 10.0. The molecule has 0 aliphatic heterocycles. The molecule has 4 nitrogen and oxygen atoms in total. The standard InChI is InChI=1S/C17H20N2O2/c1-12-7-8-15(10-17(12)19-13(2)20)18-11-14-5-4-6-16(9-14)21-3/h4-10,18H,11H2,1-3H3,(H,19,20). The van der Waals surface area contributed by atoms with Gasteiger partial charge in [-0.05, 0) is 42.3 Å². The number of nitrogens with one attached hydrogen (secondary N) is 2. The number of methoxy groups -OCH3 is 1. The van der Waals surface area contributed by atoms with Crippen LogP contribution in [-0.2, 0) is 11.3 Å². The molecule has 0 atom stereocenters. The van der Waals surface area contributed by atoms with E-state index in [1.54, 1.807) is 7.11 Å². The summed E-state index contributed by atoms with van der Waals surface area (Å²) >= 11 is 0. The molecule has 0 aromatic heterocycles. The van der Waals surface area contributed by atoms with Crippen LogP contribution in [0.5, 0.6) is 5.75 Å². The quantitative estimate of drug-likeness (QED) is 0.882. The van der Waals surface area contributed by atoms with Gasteiger partial charge in [0.2, 0.25) is 5.91 Å². The fourth-order valence-electron chi connectivity index (χ4n) is 2.04. The second kappa shape index (κ2) is 6.79. The van der Waals surface area contributed by atoms with E-state index in [0.29, 0.717) is 6.54 Å². The molecular formula is C17H20N2O2. The number of aryl methyl sites for hydroxylation is 1. The van der Waals surface area contributed by atoms with Crippen molar-refractivity contribution in [2.45, 2.75) is 20.4 Å². The SMILES string of the molecule is COc1cccc(CNc2ccc(C)c(NC(C)=O)c2)c1. The summed E-state index contributed by atoms with van der Waals surface area (Å²) in [5.41, 5.74) is 3.97. The molecule has 0 unspecified atom stereocenters. The molecule has 0 radical (unpaired) electrons. The van der Waals surface area contributed by atoms with Crippen molar-refractivity contribution in [2.24, 2.45) is 0 Å². The second-order valence-electron chi connectivity index (χ2n) is 4.92. The maximum atomic E-state index is 11.2. The Morgan fingerprint density at radius 2 is 2.00 bits per heavy atom. The van der Waals surface area contributed by atoms with Crippen LogP contribution in [0.3, 0.4) is 0 Å². The van der Waals surface area contributed by atoms with Gasteiger partial charge in [0, 0.05) is 24.8 Å². The van der Waals surface area contributed by atoms with Crippen molar-refractivity contribution < 1.29 is 9.53 Å². The van der Waals surface area contributed by atoms with Crippen LogP contribution in [0.2, 0.25) is 0 Å². The van der Waals surface area contributed by atoms with Crippen LogP contribution in [0.1, 0.15) is 18.1 Å². The van der Waals surface area contributed by atoms with Crippen molar-refractivity contribution in [2.75, 3.05) is 17.7 Å². The molecule has 0 aliphatic carbocycles. The van der Waals surface area contributed by atoms with Crippen molar-refractivity contribution in [1.29, 1.82) is 0 Å². The number of hydrogen-bond acceptors (Lipinski definition) is 3. The molecular weight excluding hydrogens is 264 g/mol. The zero-order chi connectivity index (χ0) is 15.2. The monoisotopic (exact) mass is 284 g/mol. The predicted octanol–water partition coefficient (Wildman–Crippen LogP) is 3.57. The van der Waals surface area contributed by atoms with E-state index in [0.717, 1.165) is 28.3 Å². The van der Waals surface area contributed by atoms with Crippen molar-refractivity contribution >= 4 is 17.3 Å². The third-order valence-corrected chi connectivity index (χ3v) is 3.18. The first-order chi connectivity index (χ1) is 10.1. The first-order valence-corrected chi connectivity index (χ1v) is 6.83. The lowest BCUT2D eigenvalue weighted by atomic mass is 10.1. The molecule has 0 saturated carbocycles. The van der Waals surface area contributed by atoms with E-state index < -0.39 is 0 Å². The minimum Gasteiger partial charge on any atom is -0.497 e. The number of ether oxygens (including phenoxy) is 1. The largest absolute Gasteiger partial charge is 0.497 e. The van der Waals surface area contributed by atoms with Crippen LogP contribution in [0.15, 0.2) is 42.5 Å². The maximum Gasteiger partial charge on any atom is 0.221 e. The van der Waals surface area contributed by atoms with E-state index in [1.165, 1.54) is 6.92 Å². The Morgan fingerprint density at radius 1 is 1.19 bits per heavy atom. The fraction of sp³-hybridized carbons (Fsp3) is 0.235. The third-order valence-electron chi connectivity index (χ3n) is 3.18. The molecule has 2 N–H and O–H groups in total. The highest BCUT2D eigenvalue weighted by Crippen LogP contribution is 2.21. The van der Waals surface area contributed by atoms with Gasteiger partial charge in [-0.25, -0.2) is 0 Å². The predicted molar refractivity (Wildman–Crippen MR) is 85.8 cm³/mol. The summed E-state index contributed by atoms with van der Waals surface area (Å²) in [6.07, 6.45) is 0. The van der Waals surface area contributed by atoms with Gasteiger partial charge in [0.05, 0.1) is 7.11 Å². The van der Waals surface area contributed by atoms with Crippen LogP contribution >= 0.6 is 0 Å². The summed E-state index contributed by atoms with van der Waals surface area (Å²) in [5.74, 6) is 0.778. The zero-order valence-corrected chi connectivity index (χ0v) is 12.6. The molecule has 21 heavy (non-hydrogen) atoms. The number of amides is 1. The smallest absolute Gasteiger partial charge is 0.221 e. The van der Waals surface area contributed by atoms with Gasteiger partial charge in [-0.3, -0.25) is 4.79 Å². The van der Waals surface area contributed by atoms with Crippen LogP contribution in [0, 0.1) is 6.92 Å². The lowest BCUT2D eigenvalue weighted by Gasteiger charge is -2.12. The Balaban J connectivity index is 2.07. The maximum absolute atomic E-state index is 11.2. The zero-order valence-electron chi connectivity index (χ0n) is 12.6. The van der Waals surface area contributed by atoms with Crippen molar-refractivity contribution in [3.63, 3.8) is 0 Å². The first kappa shape index (κ1) is 14.9. The van der Waals surface area contributed by atoms with Gasteiger partial charge in [0.1, 0.15) is 5.75 Å². The van der Waals surface area contributed by atoms with Crippen molar-refractivity contribution in [3.05, 3.63) is 53.6 Å². The number of anilines is 2. The number of benzene rings is 2. The molecule has 110 valence electrons. The summed E-state index contributed by atoms with van der Waals surface area (Å²) in [6.45, 7) is 4.17. The third kappa shape index (κ3) is 4.24.